The highest BCUT2D eigenvalue weighted by molar-refractivity contribution is 5.08. The highest BCUT2D eigenvalue weighted by Gasteiger charge is 1.91. The fourth-order valence-electron chi connectivity index (χ4n) is 1.07. The minimum absolute atomic E-state index is 0.813. The lowest BCUT2D eigenvalue weighted by Crippen LogP contribution is -1.95. The summed E-state index contributed by atoms with van der Waals surface area (Å²) in [4.78, 5) is 4.04. The SMILES string of the molecule is CCOCCCc1cccnc1. The van der Waals surface area contributed by atoms with E-state index in [4.69, 9.17) is 4.74 Å². The molecule has 0 fully saturated rings. The molecule has 0 aliphatic carbocycles. The fourth-order valence-corrected chi connectivity index (χ4v) is 1.07. The van der Waals surface area contributed by atoms with Crippen LogP contribution in [0.3, 0.4) is 0 Å². The van der Waals surface area contributed by atoms with Gasteiger partial charge in [0.05, 0.1) is 0 Å². The van der Waals surface area contributed by atoms with Crippen LogP contribution in [0.25, 0.3) is 0 Å². The van der Waals surface area contributed by atoms with Gasteiger partial charge in [-0.05, 0) is 31.4 Å². The molecule has 0 N–H and O–H groups in total. The summed E-state index contributed by atoms with van der Waals surface area (Å²) < 4.78 is 5.23. The van der Waals surface area contributed by atoms with Gasteiger partial charge < -0.3 is 4.74 Å². The van der Waals surface area contributed by atoms with Crippen LogP contribution in [0.2, 0.25) is 0 Å². The lowest BCUT2D eigenvalue weighted by molar-refractivity contribution is 0.145. The molecule has 0 atom stereocenters. The number of rotatable bonds is 5. The molecule has 1 aromatic rings. The number of hydrogen-bond acceptors (Lipinski definition) is 2. The lowest BCUT2D eigenvalue weighted by Gasteiger charge is -2.00. The van der Waals surface area contributed by atoms with Gasteiger partial charge in [0.15, 0.2) is 0 Å². The zero-order valence-electron chi connectivity index (χ0n) is 7.49. The first-order valence-electron chi connectivity index (χ1n) is 4.40. The van der Waals surface area contributed by atoms with Crippen molar-refractivity contribution in [3.05, 3.63) is 30.1 Å². The molecule has 0 spiro atoms. The molecule has 1 aromatic heterocycles. The second-order valence-corrected chi connectivity index (χ2v) is 2.66. The summed E-state index contributed by atoms with van der Waals surface area (Å²) in [5.74, 6) is 0. The number of ether oxygens (including phenoxy) is 1. The molecule has 0 unspecified atom stereocenters. The maximum atomic E-state index is 5.23. The fraction of sp³-hybridized carbons (Fsp3) is 0.500. The second kappa shape index (κ2) is 5.72. The van der Waals surface area contributed by atoms with Crippen LogP contribution in [0.15, 0.2) is 24.5 Å². The van der Waals surface area contributed by atoms with Gasteiger partial charge in [-0.25, -0.2) is 0 Å². The van der Waals surface area contributed by atoms with Gasteiger partial charge in [0.2, 0.25) is 0 Å². The molecule has 0 saturated carbocycles. The summed E-state index contributed by atoms with van der Waals surface area (Å²) >= 11 is 0. The zero-order valence-corrected chi connectivity index (χ0v) is 7.49. The summed E-state index contributed by atoms with van der Waals surface area (Å²) in [7, 11) is 0. The second-order valence-electron chi connectivity index (χ2n) is 2.66. The van der Waals surface area contributed by atoms with E-state index in [1.165, 1.54) is 5.56 Å². The van der Waals surface area contributed by atoms with Crippen LogP contribution >= 0.6 is 0 Å². The predicted molar refractivity (Wildman–Crippen MR) is 49.1 cm³/mol. The molecule has 0 bridgehead atoms. The number of nitrogens with zero attached hydrogens (tertiary/aromatic N) is 1. The molecular formula is C10H15NO. The molecule has 0 aliphatic heterocycles. The van der Waals surface area contributed by atoms with Gasteiger partial charge in [0.25, 0.3) is 0 Å². The van der Waals surface area contributed by atoms with Crippen molar-refractivity contribution >= 4 is 0 Å². The number of aromatic nitrogens is 1. The molecule has 0 amide bonds. The Labute approximate surface area is 73.6 Å². The van der Waals surface area contributed by atoms with E-state index in [0.717, 1.165) is 26.1 Å². The monoisotopic (exact) mass is 165 g/mol. The highest BCUT2D eigenvalue weighted by Crippen LogP contribution is 1.99. The zero-order chi connectivity index (χ0) is 8.65. The first-order chi connectivity index (χ1) is 5.93. The average Bonchev–Trinajstić information content (AvgIpc) is 2.14. The minimum Gasteiger partial charge on any atom is -0.382 e. The molecule has 0 radical (unpaired) electrons. The Morgan fingerprint density at radius 3 is 3.08 bits per heavy atom. The van der Waals surface area contributed by atoms with Crippen LogP contribution in [0.4, 0.5) is 0 Å². The Kier molecular flexibility index (Phi) is 4.39. The molecule has 0 aromatic carbocycles. The van der Waals surface area contributed by atoms with Crippen molar-refractivity contribution < 1.29 is 4.74 Å². The molecular weight excluding hydrogens is 150 g/mol. The molecule has 1 heterocycles. The Morgan fingerprint density at radius 1 is 1.50 bits per heavy atom. The third-order valence-electron chi connectivity index (χ3n) is 1.68. The third-order valence-corrected chi connectivity index (χ3v) is 1.68. The molecule has 66 valence electrons. The lowest BCUT2D eigenvalue weighted by atomic mass is 10.2. The van der Waals surface area contributed by atoms with Gasteiger partial charge in [0.1, 0.15) is 0 Å². The normalized spacial score (nSPS) is 10.1. The van der Waals surface area contributed by atoms with E-state index in [9.17, 15) is 0 Å². The van der Waals surface area contributed by atoms with Crippen LogP contribution in [0.1, 0.15) is 18.9 Å². The third kappa shape index (κ3) is 3.49. The standard InChI is InChI=1S/C10H15NO/c1-2-12-8-4-6-10-5-3-7-11-9-10/h3,5,7,9H,2,4,6,8H2,1H3. The van der Waals surface area contributed by atoms with Gasteiger partial charge in [-0.15, -0.1) is 0 Å². The van der Waals surface area contributed by atoms with Crippen LogP contribution in [0.5, 0.6) is 0 Å². The smallest absolute Gasteiger partial charge is 0.0469 e. The molecule has 12 heavy (non-hydrogen) atoms. The van der Waals surface area contributed by atoms with Gasteiger partial charge in [0, 0.05) is 25.6 Å². The van der Waals surface area contributed by atoms with Crippen LogP contribution in [-0.4, -0.2) is 18.2 Å². The topological polar surface area (TPSA) is 22.1 Å². The first kappa shape index (κ1) is 9.20. The first-order valence-corrected chi connectivity index (χ1v) is 4.40. The Morgan fingerprint density at radius 2 is 2.42 bits per heavy atom. The van der Waals surface area contributed by atoms with Gasteiger partial charge in [-0.1, -0.05) is 6.07 Å². The minimum atomic E-state index is 0.813. The van der Waals surface area contributed by atoms with Crippen molar-refractivity contribution in [2.24, 2.45) is 0 Å². The van der Waals surface area contributed by atoms with Crippen LogP contribution in [-0.2, 0) is 11.2 Å². The van der Waals surface area contributed by atoms with Crippen molar-refractivity contribution in [2.75, 3.05) is 13.2 Å². The summed E-state index contributed by atoms with van der Waals surface area (Å²) in [6.07, 6.45) is 5.85. The van der Waals surface area contributed by atoms with E-state index in [0.29, 0.717) is 0 Å². The van der Waals surface area contributed by atoms with Crippen LogP contribution in [0, 0.1) is 0 Å². The molecule has 0 aliphatic rings. The van der Waals surface area contributed by atoms with E-state index < -0.39 is 0 Å². The molecule has 2 heteroatoms. The summed E-state index contributed by atoms with van der Waals surface area (Å²) in [6, 6.07) is 4.06. The van der Waals surface area contributed by atoms with Crippen molar-refractivity contribution in [3.8, 4) is 0 Å². The van der Waals surface area contributed by atoms with Gasteiger partial charge in [-0.3, -0.25) is 4.98 Å². The molecule has 1 rings (SSSR count). The Balaban J connectivity index is 2.16. The van der Waals surface area contributed by atoms with E-state index in [1.54, 1.807) is 6.20 Å². The summed E-state index contributed by atoms with van der Waals surface area (Å²) in [6.45, 7) is 3.68. The van der Waals surface area contributed by atoms with Gasteiger partial charge >= 0.3 is 0 Å². The predicted octanol–water partition coefficient (Wildman–Crippen LogP) is 2.05. The number of pyridine rings is 1. The maximum Gasteiger partial charge on any atom is 0.0469 e. The molecule has 0 saturated heterocycles. The summed E-state index contributed by atoms with van der Waals surface area (Å²) in [5.41, 5.74) is 1.29. The number of aryl methyl sites for hydroxylation is 1. The highest BCUT2D eigenvalue weighted by atomic mass is 16.5. The quantitative estimate of drug-likeness (QED) is 0.623. The Bertz CT molecular complexity index is 198. The van der Waals surface area contributed by atoms with Gasteiger partial charge in [-0.2, -0.15) is 0 Å². The van der Waals surface area contributed by atoms with Crippen molar-refractivity contribution in [1.82, 2.24) is 4.98 Å². The Hall–Kier alpha value is -0.890. The number of hydrogen-bond donors (Lipinski definition) is 0. The van der Waals surface area contributed by atoms with E-state index in [2.05, 4.69) is 11.1 Å². The van der Waals surface area contributed by atoms with Crippen molar-refractivity contribution in [3.63, 3.8) is 0 Å². The van der Waals surface area contributed by atoms with Crippen LogP contribution < -0.4 is 0 Å². The van der Waals surface area contributed by atoms with E-state index in [-0.39, 0.29) is 0 Å². The average molecular weight is 165 g/mol. The molecule has 2 nitrogen and oxygen atoms in total. The van der Waals surface area contributed by atoms with Crippen molar-refractivity contribution in [2.45, 2.75) is 19.8 Å². The largest absolute Gasteiger partial charge is 0.382 e. The van der Waals surface area contributed by atoms with E-state index >= 15 is 0 Å². The maximum absolute atomic E-state index is 5.23. The van der Waals surface area contributed by atoms with Crippen molar-refractivity contribution in [1.29, 1.82) is 0 Å². The van der Waals surface area contributed by atoms with E-state index in [1.807, 2.05) is 19.2 Å². The summed E-state index contributed by atoms with van der Waals surface area (Å²) in [5, 5.41) is 0.